The molecule has 1 aromatic heterocycles. The predicted molar refractivity (Wildman–Crippen MR) is 51.5 cm³/mol. The van der Waals surface area contributed by atoms with E-state index in [4.69, 9.17) is 16.7 Å². The average Bonchev–Trinajstić information content (AvgIpc) is 2.13. The summed E-state index contributed by atoms with van der Waals surface area (Å²) in [5.74, 6) is 0. The van der Waals surface area contributed by atoms with Crippen molar-refractivity contribution in [3.8, 4) is 0 Å². The van der Waals surface area contributed by atoms with E-state index in [0.29, 0.717) is 12.2 Å². The Bertz CT molecular complexity index is 411. The lowest BCUT2D eigenvalue weighted by molar-refractivity contribution is 0.291. The standard InChI is InChI=1S/C7H10ClN3O3/c8-5-4(3-9-1-2-12)10-7(14)11-6(5)13/h9,12H,1-3H2,(H2,10,11,13,14). The molecule has 0 spiro atoms. The Morgan fingerprint density at radius 1 is 1.36 bits per heavy atom. The van der Waals surface area contributed by atoms with Crippen molar-refractivity contribution in [2.24, 2.45) is 0 Å². The van der Waals surface area contributed by atoms with Crippen molar-refractivity contribution in [2.45, 2.75) is 6.54 Å². The molecule has 0 radical (unpaired) electrons. The summed E-state index contributed by atoms with van der Waals surface area (Å²) in [5.41, 5.74) is -0.898. The van der Waals surface area contributed by atoms with Crippen LogP contribution in [-0.2, 0) is 6.54 Å². The first kappa shape index (κ1) is 11.0. The maximum absolute atomic E-state index is 11.0. The summed E-state index contributed by atoms with van der Waals surface area (Å²) < 4.78 is 0. The fourth-order valence-corrected chi connectivity index (χ4v) is 1.09. The maximum atomic E-state index is 11.0. The molecule has 0 aromatic carbocycles. The van der Waals surface area contributed by atoms with Gasteiger partial charge >= 0.3 is 5.69 Å². The van der Waals surface area contributed by atoms with Crippen LogP contribution in [0.15, 0.2) is 9.59 Å². The first-order chi connectivity index (χ1) is 6.65. The third-order valence-electron chi connectivity index (χ3n) is 1.55. The molecular formula is C7H10ClN3O3. The van der Waals surface area contributed by atoms with Crippen LogP contribution in [-0.4, -0.2) is 28.2 Å². The second-order valence-electron chi connectivity index (χ2n) is 2.60. The van der Waals surface area contributed by atoms with Gasteiger partial charge in [-0.3, -0.25) is 9.78 Å². The minimum atomic E-state index is -0.615. The molecule has 78 valence electrons. The smallest absolute Gasteiger partial charge is 0.326 e. The van der Waals surface area contributed by atoms with E-state index in [1.807, 2.05) is 4.98 Å². The Morgan fingerprint density at radius 3 is 2.71 bits per heavy atom. The van der Waals surface area contributed by atoms with Crippen molar-refractivity contribution >= 4 is 11.6 Å². The van der Waals surface area contributed by atoms with Gasteiger partial charge in [0, 0.05) is 13.1 Å². The molecule has 1 heterocycles. The summed E-state index contributed by atoms with van der Waals surface area (Å²) in [6.45, 7) is 0.578. The topological polar surface area (TPSA) is 98.0 Å². The molecule has 0 bridgehead atoms. The molecule has 0 atom stereocenters. The van der Waals surface area contributed by atoms with Gasteiger partial charge in [-0.25, -0.2) is 4.79 Å². The molecule has 0 aliphatic rings. The van der Waals surface area contributed by atoms with Crippen LogP contribution in [0, 0.1) is 0 Å². The Balaban J connectivity index is 2.86. The van der Waals surface area contributed by atoms with Gasteiger partial charge in [-0.05, 0) is 0 Å². The molecule has 4 N–H and O–H groups in total. The minimum absolute atomic E-state index is 0.0228. The molecule has 1 rings (SSSR count). The van der Waals surface area contributed by atoms with Gasteiger partial charge in [0.25, 0.3) is 5.56 Å². The zero-order valence-corrected chi connectivity index (χ0v) is 8.02. The lowest BCUT2D eigenvalue weighted by atomic mass is 10.4. The summed E-state index contributed by atoms with van der Waals surface area (Å²) in [4.78, 5) is 26.2. The molecule has 0 fully saturated rings. The first-order valence-electron chi connectivity index (χ1n) is 3.97. The maximum Gasteiger partial charge on any atom is 0.326 e. The quantitative estimate of drug-likeness (QED) is 0.478. The number of rotatable bonds is 4. The monoisotopic (exact) mass is 219 g/mol. The van der Waals surface area contributed by atoms with E-state index < -0.39 is 11.2 Å². The normalized spacial score (nSPS) is 10.4. The highest BCUT2D eigenvalue weighted by molar-refractivity contribution is 6.30. The van der Waals surface area contributed by atoms with E-state index in [2.05, 4.69) is 10.3 Å². The Kier molecular flexibility index (Phi) is 3.87. The van der Waals surface area contributed by atoms with Crippen LogP contribution in [0.1, 0.15) is 5.69 Å². The second-order valence-corrected chi connectivity index (χ2v) is 2.98. The number of halogens is 1. The van der Waals surface area contributed by atoms with Gasteiger partial charge in [0.15, 0.2) is 0 Å². The Labute approximate surface area is 83.9 Å². The van der Waals surface area contributed by atoms with E-state index in [-0.39, 0.29) is 18.2 Å². The van der Waals surface area contributed by atoms with E-state index in [0.717, 1.165) is 0 Å². The summed E-state index contributed by atoms with van der Waals surface area (Å²) in [6.07, 6.45) is 0. The van der Waals surface area contributed by atoms with Gasteiger partial charge in [0.1, 0.15) is 5.02 Å². The zero-order valence-electron chi connectivity index (χ0n) is 7.26. The van der Waals surface area contributed by atoms with Crippen LogP contribution < -0.4 is 16.6 Å². The lowest BCUT2D eigenvalue weighted by Crippen LogP contribution is -2.28. The van der Waals surface area contributed by atoms with Crippen LogP contribution in [0.3, 0.4) is 0 Å². The number of H-pyrrole nitrogens is 2. The molecular weight excluding hydrogens is 210 g/mol. The summed E-state index contributed by atoms with van der Waals surface area (Å²) >= 11 is 5.63. The van der Waals surface area contributed by atoms with Crippen molar-refractivity contribution in [3.05, 3.63) is 31.6 Å². The van der Waals surface area contributed by atoms with Crippen LogP contribution in [0.4, 0.5) is 0 Å². The first-order valence-corrected chi connectivity index (χ1v) is 4.35. The summed E-state index contributed by atoms with van der Waals surface area (Å²) in [5, 5.41) is 11.2. The van der Waals surface area contributed by atoms with Crippen molar-refractivity contribution in [1.82, 2.24) is 15.3 Å². The van der Waals surface area contributed by atoms with Gasteiger partial charge in [-0.1, -0.05) is 11.6 Å². The SMILES string of the molecule is O=c1[nH]c(CNCCO)c(Cl)c(=O)[nH]1. The number of aliphatic hydroxyl groups is 1. The van der Waals surface area contributed by atoms with Crippen LogP contribution in [0.25, 0.3) is 0 Å². The molecule has 0 saturated heterocycles. The molecule has 0 amide bonds. The van der Waals surface area contributed by atoms with Crippen molar-refractivity contribution in [1.29, 1.82) is 0 Å². The number of aromatic amines is 2. The fraction of sp³-hybridized carbons (Fsp3) is 0.429. The molecule has 0 saturated carbocycles. The van der Waals surface area contributed by atoms with Crippen molar-refractivity contribution < 1.29 is 5.11 Å². The molecule has 1 aromatic rings. The van der Waals surface area contributed by atoms with E-state index >= 15 is 0 Å². The van der Waals surface area contributed by atoms with Crippen LogP contribution in [0.5, 0.6) is 0 Å². The van der Waals surface area contributed by atoms with E-state index in [1.165, 1.54) is 0 Å². The van der Waals surface area contributed by atoms with Gasteiger partial charge in [-0.2, -0.15) is 0 Å². The van der Waals surface area contributed by atoms with Gasteiger partial charge in [-0.15, -0.1) is 0 Å². The number of aliphatic hydroxyl groups excluding tert-OH is 1. The number of aromatic nitrogens is 2. The minimum Gasteiger partial charge on any atom is -0.395 e. The third-order valence-corrected chi connectivity index (χ3v) is 1.95. The number of hydrogen-bond acceptors (Lipinski definition) is 4. The molecule has 0 aliphatic carbocycles. The van der Waals surface area contributed by atoms with Crippen LogP contribution in [0.2, 0.25) is 5.02 Å². The highest BCUT2D eigenvalue weighted by atomic mass is 35.5. The molecule has 0 unspecified atom stereocenters. The van der Waals surface area contributed by atoms with Gasteiger partial charge < -0.3 is 15.4 Å². The highest BCUT2D eigenvalue weighted by Gasteiger charge is 2.05. The second kappa shape index (κ2) is 4.94. The number of nitrogens with one attached hydrogen (secondary N) is 3. The van der Waals surface area contributed by atoms with E-state index in [1.54, 1.807) is 0 Å². The molecule has 6 nitrogen and oxygen atoms in total. The number of hydrogen-bond donors (Lipinski definition) is 4. The summed E-state index contributed by atoms with van der Waals surface area (Å²) in [7, 11) is 0. The van der Waals surface area contributed by atoms with Crippen molar-refractivity contribution in [3.63, 3.8) is 0 Å². The largest absolute Gasteiger partial charge is 0.395 e. The Morgan fingerprint density at radius 2 is 2.07 bits per heavy atom. The molecule has 14 heavy (non-hydrogen) atoms. The Hall–Kier alpha value is -1.11. The van der Waals surface area contributed by atoms with E-state index in [9.17, 15) is 9.59 Å². The molecule has 0 aliphatic heterocycles. The lowest BCUT2D eigenvalue weighted by Gasteiger charge is -2.03. The van der Waals surface area contributed by atoms with Gasteiger partial charge in [0.2, 0.25) is 0 Å². The van der Waals surface area contributed by atoms with Gasteiger partial charge in [0.05, 0.1) is 12.3 Å². The summed E-state index contributed by atoms with van der Waals surface area (Å²) in [6, 6.07) is 0. The van der Waals surface area contributed by atoms with Crippen LogP contribution >= 0.6 is 11.6 Å². The zero-order chi connectivity index (χ0) is 10.6. The van der Waals surface area contributed by atoms with Crippen molar-refractivity contribution in [2.75, 3.05) is 13.2 Å². The molecule has 7 heteroatoms. The fourth-order valence-electron chi connectivity index (χ4n) is 0.932. The average molecular weight is 220 g/mol. The predicted octanol–water partition coefficient (Wildman–Crippen LogP) is -1.20. The third kappa shape index (κ3) is 2.69. The highest BCUT2D eigenvalue weighted by Crippen LogP contribution is 2.03.